The molecule has 0 spiro atoms. The number of nitrogens with two attached hydrogens (primary N) is 1. The van der Waals surface area contributed by atoms with Gasteiger partial charge in [-0.3, -0.25) is 4.79 Å². The molecule has 0 bridgehead atoms. The Morgan fingerprint density at radius 2 is 2.16 bits per heavy atom. The summed E-state index contributed by atoms with van der Waals surface area (Å²) < 4.78 is 26.9. The Bertz CT molecular complexity index is 544. The van der Waals surface area contributed by atoms with E-state index in [9.17, 15) is 13.2 Å². The number of carbonyl (C=O) groups excluding carboxylic acids is 1. The minimum atomic E-state index is -3.13. The van der Waals surface area contributed by atoms with Crippen LogP contribution in [0.15, 0.2) is 24.3 Å². The Hall–Kier alpha value is -1.11. The number of sulfone groups is 1. The highest BCUT2D eigenvalue weighted by Gasteiger charge is 2.17. The highest BCUT2D eigenvalue weighted by molar-refractivity contribution is 7.90. The van der Waals surface area contributed by atoms with Crippen LogP contribution in [-0.2, 0) is 26.0 Å². The molecular weight excluding hydrogens is 290 g/mol. The van der Waals surface area contributed by atoms with Gasteiger partial charge >= 0.3 is 5.97 Å². The first-order valence-electron chi connectivity index (χ1n) is 5.62. The van der Waals surface area contributed by atoms with Crippen molar-refractivity contribution in [1.29, 1.82) is 0 Å². The maximum atomic E-state index is 11.5. The summed E-state index contributed by atoms with van der Waals surface area (Å²) in [6.07, 6.45) is 1.14. The molecule has 0 saturated heterocycles. The molecule has 0 radical (unpaired) electrons. The molecule has 0 aliphatic carbocycles. The molecule has 0 heterocycles. The molecule has 2 N–H and O–H groups in total. The highest BCUT2D eigenvalue weighted by Crippen LogP contribution is 2.11. The quantitative estimate of drug-likeness (QED) is 0.797. The summed E-state index contributed by atoms with van der Waals surface area (Å²) in [5.74, 6) is -0.760. The van der Waals surface area contributed by atoms with Gasteiger partial charge in [0.05, 0.1) is 5.75 Å². The van der Waals surface area contributed by atoms with E-state index in [1.807, 2.05) is 0 Å². The van der Waals surface area contributed by atoms with Gasteiger partial charge < -0.3 is 10.5 Å². The van der Waals surface area contributed by atoms with Gasteiger partial charge in [0.1, 0.15) is 22.5 Å². The first-order valence-corrected chi connectivity index (χ1v) is 8.06. The van der Waals surface area contributed by atoms with Crippen molar-refractivity contribution in [1.82, 2.24) is 0 Å². The van der Waals surface area contributed by atoms with Gasteiger partial charge in [-0.15, -0.1) is 0 Å². The van der Waals surface area contributed by atoms with Gasteiger partial charge in [-0.25, -0.2) is 8.42 Å². The lowest BCUT2D eigenvalue weighted by Crippen LogP contribution is -2.34. The summed E-state index contributed by atoms with van der Waals surface area (Å²) in [6.45, 7) is 0.0615. The molecule has 1 rings (SSSR count). The van der Waals surface area contributed by atoms with Crippen molar-refractivity contribution in [2.75, 3.05) is 12.0 Å². The van der Waals surface area contributed by atoms with Crippen LogP contribution in [0.5, 0.6) is 0 Å². The van der Waals surface area contributed by atoms with E-state index in [4.69, 9.17) is 22.1 Å². The molecule has 1 aromatic carbocycles. The van der Waals surface area contributed by atoms with Gasteiger partial charge in [-0.2, -0.15) is 0 Å². The molecule has 0 saturated carbocycles. The average molecular weight is 306 g/mol. The third kappa shape index (κ3) is 6.56. The summed E-state index contributed by atoms with van der Waals surface area (Å²) in [6, 6.07) is 5.96. The lowest BCUT2D eigenvalue weighted by atomic mass is 10.2. The zero-order valence-corrected chi connectivity index (χ0v) is 12.1. The second-order valence-corrected chi connectivity index (χ2v) is 6.96. The maximum Gasteiger partial charge on any atom is 0.323 e. The van der Waals surface area contributed by atoms with Crippen LogP contribution in [0.3, 0.4) is 0 Å². The molecule has 1 aromatic rings. The number of esters is 1. The minimum Gasteiger partial charge on any atom is -0.460 e. The van der Waals surface area contributed by atoms with Crippen molar-refractivity contribution in [2.45, 2.75) is 19.1 Å². The number of carbonyl (C=O) groups is 1. The summed E-state index contributed by atoms with van der Waals surface area (Å²) in [4.78, 5) is 11.5. The summed E-state index contributed by atoms with van der Waals surface area (Å²) in [7, 11) is -3.13. The molecule has 1 atom stereocenters. The van der Waals surface area contributed by atoms with Crippen molar-refractivity contribution in [3.8, 4) is 0 Å². The Morgan fingerprint density at radius 3 is 2.74 bits per heavy atom. The number of ether oxygens (including phenoxy) is 1. The van der Waals surface area contributed by atoms with E-state index in [2.05, 4.69) is 0 Å². The third-order valence-electron chi connectivity index (χ3n) is 2.37. The van der Waals surface area contributed by atoms with Gasteiger partial charge in [0.25, 0.3) is 0 Å². The second kappa shape index (κ2) is 6.88. The molecule has 7 heteroatoms. The van der Waals surface area contributed by atoms with E-state index < -0.39 is 21.8 Å². The van der Waals surface area contributed by atoms with Crippen molar-refractivity contribution in [3.63, 3.8) is 0 Å². The lowest BCUT2D eigenvalue weighted by Gasteiger charge is -2.11. The van der Waals surface area contributed by atoms with Crippen LogP contribution in [0.4, 0.5) is 0 Å². The topological polar surface area (TPSA) is 86.5 Å². The fourth-order valence-electron chi connectivity index (χ4n) is 1.35. The molecule has 19 heavy (non-hydrogen) atoms. The van der Waals surface area contributed by atoms with Gasteiger partial charge in [0.2, 0.25) is 0 Å². The zero-order valence-electron chi connectivity index (χ0n) is 10.5. The smallest absolute Gasteiger partial charge is 0.323 e. The third-order valence-corrected chi connectivity index (χ3v) is 3.58. The van der Waals surface area contributed by atoms with Gasteiger partial charge in [0, 0.05) is 11.3 Å². The number of hydrogen-bond acceptors (Lipinski definition) is 5. The molecule has 0 aromatic heterocycles. The van der Waals surface area contributed by atoms with Gasteiger partial charge in [-0.1, -0.05) is 23.7 Å². The fourth-order valence-corrected chi connectivity index (χ4v) is 2.24. The second-order valence-electron chi connectivity index (χ2n) is 4.26. The Morgan fingerprint density at radius 1 is 1.47 bits per heavy atom. The monoisotopic (exact) mass is 305 g/mol. The van der Waals surface area contributed by atoms with E-state index >= 15 is 0 Å². The van der Waals surface area contributed by atoms with E-state index in [0.717, 1.165) is 11.8 Å². The van der Waals surface area contributed by atoms with Crippen LogP contribution in [0.25, 0.3) is 0 Å². The van der Waals surface area contributed by atoms with Crippen molar-refractivity contribution < 1.29 is 17.9 Å². The molecule has 106 valence electrons. The van der Waals surface area contributed by atoms with Crippen molar-refractivity contribution in [3.05, 3.63) is 34.9 Å². The predicted molar refractivity (Wildman–Crippen MR) is 73.6 cm³/mol. The standard InChI is InChI=1S/C12H16ClNO4S/c1-19(16,17)6-5-11(14)12(15)18-8-9-3-2-4-10(13)7-9/h2-4,7,11H,5-6,8,14H2,1H3. The average Bonchev–Trinajstić information content (AvgIpc) is 2.32. The normalized spacial score (nSPS) is 13.0. The first-order chi connectivity index (χ1) is 8.78. The molecule has 1 unspecified atom stereocenters. The molecular formula is C12H16ClNO4S. The molecule has 0 amide bonds. The minimum absolute atomic E-state index is 0.0488. The van der Waals surface area contributed by atoms with Crippen molar-refractivity contribution in [2.24, 2.45) is 5.73 Å². The largest absolute Gasteiger partial charge is 0.460 e. The van der Waals surface area contributed by atoms with Gasteiger partial charge in [0.15, 0.2) is 0 Å². The fraction of sp³-hybridized carbons (Fsp3) is 0.417. The predicted octanol–water partition coefficient (Wildman–Crippen LogP) is 1.15. The van der Waals surface area contributed by atoms with Crippen LogP contribution >= 0.6 is 11.6 Å². The first kappa shape index (κ1) is 15.9. The van der Waals surface area contributed by atoms with Crippen LogP contribution in [-0.4, -0.2) is 32.4 Å². The van der Waals surface area contributed by atoms with Crippen molar-refractivity contribution >= 4 is 27.4 Å². The number of hydrogen-bond donors (Lipinski definition) is 1. The van der Waals surface area contributed by atoms with Crippen LogP contribution in [0.1, 0.15) is 12.0 Å². The van der Waals surface area contributed by atoms with Crippen LogP contribution in [0, 0.1) is 0 Å². The Balaban J connectivity index is 2.42. The SMILES string of the molecule is CS(=O)(=O)CCC(N)C(=O)OCc1cccc(Cl)c1. The molecule has 0 aliphatic heterocycles. The molecule has 5 nitrogen and oxygen atoms in total. The molecule has 0 fully saturated rings. The molecule has 0 aliphatic rings. The Labute approximate surface area is 117 Å². The van der Waals surface area contributed by atoms with Crippen LogP contribution in [0.2, 0.25) is 5.02 Å². The van der Waals surface area contributed by atoms with E-state index in [-0.39, 0.29) is 18.8 Å². The van der Waals surface area contributed by atoms with E-state index in [0.29, 0.717) is 5.02 Å². The van der Waals surface area contributed by atoms with Crippen LogP contribution < -0.4 is 5.73 Å². The maximum absolute atomic E-state index is 11.5. The summed E-state index contributed by atoms with van der Waals surface area (Å²) in [5, 5.41) is 0.551. The number of benzene rings is 1. The zero-order chi connectivity index (χ0) is 14.5. The lowest BCUT2D eigenvalue weighted by molar-refractivity contribution is -0.146. The number of rotatable bonds is 6. The number of halogens is 1. The van der Waals surface area contributed by atoms with E-state index in [1.54, 1.807) is 24.3 Å². The van der Waals surface area contributed by atoms with E-state index in [1.165, 1.54) is 0 Å². The summed E-state index contributed by atoms with van der Waals surface area (Å²) in [5.41, 5.74) is 6.30. The summed E-state index contributed by atoms with van der Waals surface area (Å²) >= 11 is 5.79. The Kier molecular flexibility index (Phi) is 5.78. The van der Waals surface area contributed by atoms with Gasteiger partial charge in [-0.05, 0) is 24.1 Å². The highest BCUT2D eigenvalue weighted by atomic mass is 35.5.